The van der Waals surface area contributed by atoms with Gasteiger partial charge in [0.1, 0.15) is 0 Å². The smallest absolute Gasteiger partial charge is 0.0972 e. The van der Waals surface area contributed by atoms with E-state index in [9.17, 15) is 5.11 Å². The van der Waals surface area contributed by atoms with Gasteiger partial charge < -0.3 is 20.3 Å². The molecule has 0 aromatic rings. The summed E-state index contributed by atoms with van der Waals surface area (Å²) in [5.41, 5.74) is -1.03. The number of ether oxygens (including phenoxy) is 1. The van der Waals surface area contributed by atoms with Crippen LogP contribution in [0.2, 0.25) is 0 Å². The Morgan fingerprint density at radius 3 is 2.57 bits per heavy atom. The molecule has 0 aromatic heterocycles. The van der Waals surface area contributed by atoms with E-state index in [1.54, 1.807) is 6.92 Å². The summed E-state index contributed by atoms with van der Waals surface area (Å²) in [6.07, 6.45) is 0. The van der Waals surface area contributed by atoms with Crippen LogP contribution in [0.15, 0.2) is 0 Å². The first-order valence-electron chi connectivity index (χ1n) is 5.09. The molecule has 0 spiro atoms. The summed E-state index contributed by atoms with van der Waals surface area (Å²) < 4.78 is 5.34. The third kappa shape index (κ3) is 8.44. The second kappa shape index (κ2) is 7.17. The SMILES string of the molecule is CC(C)COCCNCC(C)(O)CO. The van der Waals surface area contributed by atoms with Gasteiger partial charge in [-0.15, -0.1) is 0 Å². The Morgan fingerprint density at radius 2 is 2.07 bits per heavy atom. The van der Waals surface area contributed by atoms with Crippen molar-refractivity contribution in [2.45, 2.75) is 26.4 Å². The van der Waals surface area contributed by atoms with Gasteiger partial charge in [-0.3, -0.25) is 0 Å². The van der Waals surface area contributed by atoms with Gasteiger partial charge in [0.05, 0.1) is 18.8 Å². The van der Waals surface area contributed by atoms with Gasteiger partial charge in [0.2, 0.25) is 0 Å². The summed E-state index contributed by atoms with van der Waals surface area (Å²) >= 11 is 0. The van der Waals surface area contributed by atoms with Gasteiger partial charge >= 0.3 is 0 Å². The fraction of sp³-hybridized carbons (Fsp3) is 1.00. The number of nitrogens with one attached hydrogen (secondary N) is 1. The average molecular weight is 205 g/mol. The number of hydrogen-bond acceptors (Lipinski definition) is 4. The highest BCUT2D eigenvalue weighted by molar-refractivity contribution is 4.73. The summed E-state index contributed by atoms with van der Waals surface area (Å²) in [4.78, 5) is 0. The second-order valence-corrected chi connectivity index (χ2v) is 4.30. The van der Waals surface area contributed by atoms with Crippen LogP contribution in [-0.4, -0.2) is 48.7 Å². The van der Waals surface area contributed by atoms with E-state index >= 15 is 0 Å². The first kappa shape index (κ1) is 13.8. The van der Waals surface area contributed by atoms with Crippen LogP contribution in [0.4, 0.5) is 0 Å². The van der Waals surface area contributed by atoms with Crippen LogP contribution in [0.3, 0.4) is 0 Å². The minimum atomic E-state index is -1.03. The first-order chi connectivity index (χ1) is 6.48. The molecule has 0 saturated carbocycles. The highest BCUT2D eigenvalue weighted by atomic mass is 16.5. The maximum absolute atomic E-state index is 9.41. The van der Waals surface area contributed by atoms with E-state index in [1.165, 1.54) is 0 Å². The molecule has 0 aliphatic heterocycles. The lowest BCUT2D eigenvalue weighted by molar-refractivity contribution is 0.00116. The summed E-state index contributed by atoms with van der Waals surface area (Å²) in [6.45, 7) is 8.05. The Bertz CT molecular complexity index is 137. The molecule has 0 fully saturated rings. The molecule has 0 heterocycles. The Labute approximate surface area is 86.3 Å². The summed E-state index contributed by atoms with van der Waals surface area (Å²) in [5.74, 6) is 0.551. The van der Waals surface area contributed by atoms with Crippen LogP contribution in [0, 0.1) is 5.92 Å². The number of aliphatic hydroxyl groups excluding tert-OH is 1. The Kier molecular flexibility index (Phi) is 7.09. The van der Waals surface area contributed by atoms with Crippen molar-refractivity contribution < 1.29 is 14.9 Å². The lowest BCUT2D eigenvalue weighted by Gasteiger charge is -2.20. The molecule has 0 aliphatic rings. The Balaban J connectivity index is 3.21. The van der Waals surface area contributed by atoms with E-state index in [0.29, 0.717) is 25.6 Å². The predicted octanol–water partition coefficient (Wildman–Crippen LogP) is -0.00810. The molecule has 3 N–H and O–H groups in total. The summed E-state index contributed by atoms with van der Waals surface area (Å²) in [6, 6.07) is 0. The highest BCUT2D eigenvalue weighted by Gasteiger charge is 2.17. The molecule has 0 radical (unpaired) electrons. The van der Waals surface area contributed by atoms with E-state index in [0.717, 1.165) is 6.61 Å². The van der Waals surface area contributed by atoms with Crippen molar-refractivity contribution in [1.82, 2.24) is 5.32 Å². The van der Waals surface area contributed by atoms with Crippen LogP contribution in [0.25, 0.3) is 0 Å². The average Bonchev–Trinajstić information content (AvgIpc) is 2.10. The quantitative estimate of drug-likeness (QED) is 0.488. The van der Waals surface area contributed by atoms with Gasteiger partial charge in [-0.05, 0) is 12.8 Å². The van der Waals surface area contributed by atoms with E-state index < -0.39 is 5.60 Å². The molecule has 0 aliphatic carbocycles. The van der Waals surface area contributed by atoms with Gasteiger partial charge in [-0.25, -0.2) is 0 Å². The molecular weight excluding hydrogens is 182 g/mol. The molecule has 86 valence electrons. The van der Waals surface area contributed by atoms with Crippen molar-refractivity contribution in [3.05, 3.63) is 0 Å². The maximum Gasteiger partial charge on any atom is 0.0972 e. The van der Waals surface area contributed by atoms with Crippen molar-refractivity contribution in [1.29, 1.82) is 0 Å². The molecule has 0 amide bonds. The largest absolute Gasteiger partial charge is 0.393 e. The minimum absolute atomic E-state index is 0.229. The molecule has 4 nitrogen and oxygen atoms in total. The van der Waals surface area contributed by atoms with Gasteiger partial charge in [-0.1, -0.05) is 13.8 Å². The summed E-state index contributed by atoms with van der Waals surface area (Å²) in [7, 11) is 0. The van der Waals surface area contributed by atoms with Crippen molar-refractivity contribution in [3.8, 4) is 0 Å². The van der Waals surface area contributed by atoms with Crippen molar-refractivity contribution in [2.75, 3.05) is 32.9 Å². The van der Waals surface area contributed by atoms with Crippen LogP contribution < -0.4 is 5.32 Å². The Morgan fingerprint density at radius 1 is 1.43 bits per heavy atom. The zero-order valence-electron chi connectivity index (χ0n) is 9.42. The fourth-order valence-corrected chi connectivity index (χ4v) is 0.877. The van der Waals surface area contributed by atoms with Crippen LogP contribution in [0.1, 0.15) is 20.8 Å². The molecular formula is C10H23NO3. The predicted molar refractivity (Wildman–Crippen MR) is 56.2 cm³/mol. The van der Waals surface area contributed by atoms with Crippen molar-refractivity contribution >= 4 is 0 Å². The highest BCUT2D eigenvalue weighted by Crippen LogP contribution is 1.97. The molecule has 0 bridgehead atoms. The third-order valence-corrected chi connectivity index (χ3v) is 1.72. The van der Waals surface area contributed by atoms with Crippen molar-refractivity contribution in [2.24, 2.45) is 5.92 Å². The standard InChI is InChI=1S/C10H23NO3/c1-9(2)6-14-5-4-11-7-10(3,13)8-12/h9,11-13H,4-8H2,1-3H3. The zero-order chi connectivity index (χ0) is 11.0. The maximum atomic E-state index is 9.41. The molecule has 4 heteroatoms. The molecule has 0 saturated heterocycles. The lowest BCUT2D eigenvalue weighted by Crippen LogP contribution is -2.41. The van der Waals surface area contributed by atoms with Crippen LogP contribution in [-0.2, 0) is 4.74 Å². The minimum Gasteiger partial charge on any atom is -0.393 e. The second-order valence-electron chi connectivity index (χ2n) is 4.30. The lowest BCUT2D eigenvalue weighted by atomic mass is 10.1. The van der Waals surface area contributed by atoms with Gasteiger partial charge in [0.25, 0.3) is 0 Å². The van der Waals surface area contributed by atoms with E-state index in [1.807, 2.05) is 0 Å². The zero-order valence-corrected chi connectivity index (χ0v) is 9.42. The first-order valence-corrected chi connectivity index (χ1v) is 5.09. The molecule has 1 atom stereocenters. The van der Waals surface area contributed by atoms with Gasteiger partial charge in [0, 0.05) is 19.7 Å². The van der Waals surface area contributed by atoms with Gasteiger partial charge in [0.15, 0.2) is 0 Å². The van der Waals surface area contributed by atoms with E-state index in [-0.39, 0.29) is 6.61 Å². The topological polar surface area (TPSA) is 61.7 Å². The van der Waals surface area contributed by atoms with E-state index in [4.69, 9.17) is 9.84 Å². The number of aliphatic hydroxyl groups is 2. The molecule has 0 aromatic carbocycles. The third-order valence-electron chi connectivity index (χ3n) is 1.72. The van der Waals surface area contributed by atoms with Crippen molar-refractivity contribution in [3.63, 3.8) is 0 Å². The molecule has 0 rings (SSSR count). The summed E-state index contributed by atoms with van der Waals surface area (Å²) in [5, 5.41) is 21.2. The van der Waals surface area contributed by atoms with Crippen LogP contribution in [0.5, 0.6) is 0 Å². The monoisotopic (exact) mass is 205 g/mol. The Hall–Kier alpha value is -0.160. The fourth-order valence-electron chi connectivity index (χ4n) is 0.877. The molecule has 1 unspecified atom stereocenters. The normalized spacial score (nSPS) is 15.9. The van der Waals surface area contributed by atoms with Crippen LogP contribution >= 0.6 is 0 Å². The number of rotatable bonds is 8. The van der Waals surface area contributed by atoms with Gasteiger partial charge in [-0.2, -0.15) is 0 Å². The van der Waals surface area contributed by atoms with E-state index in [2.05, 4.69) is 19.2 Å². The molecule has 14 heavy (non-hydrogen) atoms. The number of hydrogen-bond donors (Lipinski definition) is 3.